The average Bonchev–Trinajstić information content (AvgIpc) is 3.11. The fourth-order valence-corrected chi connectivity index (χ4v) is 4.04. The van der Waals surface area contributed by atoms with E-state index in [0.29, 0.717) is 25.7 Å². The molecule has 160 valence electrons. The summed E-state index contributed by atoms with van der Waals surface area (Å²) >= 11 is 0. The van der Waals surface area contributed by atoms with Gasteiger partial charge in [-0.25, -0.2) is 0 Å². The lowest BCUT2D eigenvalue weighted by Gasteiger charge is -2.36. The van der Waals surface area contributed by atoms with Crippen molar-refractivity contribution >= 4 is 23.2 Å². The zero-order valence-corrected chi connectivity index (χ0v) is 17.9. The SMILES string of the molecule is Cc1nnc(CCCC(=O)N2c3ccccc3CCC2C(=O)Nc2ccccc2)n1C. The fourth-order valence-electron chi connectivity index (χ4n) is 4.04. The van der Waals surface area contributed by atoms with Crippen molar-refractivity contribution in [3.05, 3.63) is 71.8 Å². The molecule has 0 aliphatic carbocycles. The van der Waals surface area contributed by atoms with Gasteiger partial charge >= 0.3 is 0 Å². The number of fused-ring (bicyclic) bond motifs is 1. The first-order valence-electron chi connectivity index (χ1n) is 10.7. The average molecular weight is 418 g/mol. The Morgan fingerprint density at radius 2 is 1.81 bits per heavy atom. The van der Waals surface area contributed by atoms with Crippen LogP contribution in [0.25, 0.3) is 0 Å². The van der Waals surface area contributed by atoms with Crippen molar-refractivity contribution in [2.75, 3.05) is 10.2 Å². The van der Waals surface area contributed by atoms with Gasteiger partial charge in [0.25, 0.3) is 0 Å². The molecule has 2 amide bonds. The summed E-state index contributed by atoms with van der Waals surface area (Å²) in [7, 11) is 1.93. The van der Waals surface area contributed by atoms with Gasteiger partial charge in [0.05, 0.1) is 0 Å². The standard InChI is InChI=1S/C24H27N5O2/c1-17-26-27-22(28(17)2)13-8-14-23(30)29-20-12-7-6-9-18(20)15-16-21(29)24(31)25-19-10-4-3-5-11-19/h3-7,9-12,21H,8,13-16H2,1-2H3,(H,25,31). The molecule has 0 radical (unpaired) electrons. The highest BCUT2D eigenvalue weighted by atomic mass is 16.2. The summed E-state index contributed by atoms with van der Waals surface area (Å²) in [5, 5.41) is 11.2. The van der Waals surface area contributed by atoms with E-state index in [-0.39, 0.29) is 11.8 Å². The second-order valence-corrected chi connectivity index (χ2v) is 7.88. The number of nitrogens with one attached hydrogen (secondary N) is 1. The van der Waals surface area contributed by atoms with E-state index < -0.39 is 6.04 Å². The van der Waals surface area contributed by atoms with Crippen molar-refractivity contribution in [2.24, 2.45) is 7.05 Å². The van der Waals surface area contributed by atoms with Crippen LogP contribution in [0.5, 0.6) is 0 Å². The van der Waals surface area contributed by atoms with E-state index in [2.05, 4.69) is 15.5 Å². The first-order chi connectivity index (χ1) is 15.0. The van der Waals surface area contributed by atoms with Gasteiger partial charge in [-0.05, 0) is 49.9 Å². The molecule has 1 aromatic heterocycles. The molecule has 0 saturated carbocycles. The minimum absolute atomic E-state index is 0.0424. The molecular weight excluding hydrogens is 390 g/mol. The number of nitrogens with zero attached hydrogens (tertiary/aromatic N) is 4. The largest absolute Gasteiger partial charge is 0.324 e. The number of carbonyl (C=O) groups excluding carboxylic acids is 2. The van der Waals surface area contributed by atoms with Crippen molar-refractivity contribution < 1.29 is 9.59 Å². The van der Waals surface area contributed by atoms with Crippen LogP contribution in [0, 0.1) is 6.92 Å². The summed E-state index contributed by atoms with van der Waals surface area (Å²) in [5.74, 6) is 1.52. The van der Waals surface area contributed by atoms with E-state index in [9.17, 15) is 9.59 Å². The van der Waals surface area contributed by atoms with Gasteiger partial charge in [-0.15, -0.1) is 10.2 Å². The second kappa shape index (κ2) is 9.12. The van der Waals surface area contributed by atoms with Crippen molar-refractivity contribution in [1.82, 2.24) is 14.8 Å². The number of amides is 2. The van der Waals surface area contributed by atoms with Crippen LogP contribution in [0.2, 0.25) is 0 Å². The van der Waals surface area contributed by atoms with Crippen LogP contribution in [0.3, 0.4) is 0 Å². The van der Waals surface area contributed by atoms with Crippen LogP contribution in [0.1, 0.15) is 36.5 Å². The predicted molar refractivity (Wildman–Crippen MR) is 120 cm³/mol. The van der Waals surface area contributed by atoms with Crippen LogP contribution in [-0.2, 0) is 29.5 Å². The monoisotopic (exact) mass is 417 g/mol. The fraction of sp³-hybridized carbons (Fsp3) is 0.333. The van der Waals surface area contributed by atoms with Crippen molar-refractivity contribution in [3.8, 4) is 0 Å². The molecule has 0 bridgehead atoms. The van der Waals surface area contributed by atoms with E-state index in [1.807, 2.05) is 73.1 Å². The van der Waals surface area contributed by atoms with Gasteiger partial charge in [0, 0.05) is 31.3 Å². The third-order valence-electron chi connectivity index (χ3n) is 5.84. The quantitative estimate of drug-likeness (QED) is 0.666. The van der Waals surface area contributed by atoms with Crippen LogP contribution >= 0.6 is 0 Å². The van der Waals surface area contributed by atoms with E-state index in [1.54, 1.807) is 4.90 Å². The number of hydrogen-bond acceptors (Lipinski definition) is 4. The second-order valence-electron chi connectivity index (χ2n) is 7.88. The number of hydrogen-bond donors (Lipinski definition) is 1. The maximum atomic E-state index is 13.3. The maximum Gasteiger partial charge on any atom is 0.247 e. The van der Waals surface area contributed by atoms with Crippen LogP contribution in [0.4, 0.5) is 11.4 Å². The van der Waals surface area contributed by atoms with Gasteiger partial charge in [0.15, 0.2) is 0 Å². The highest BCUT2D eigenvalue weighted by molar-refractivity contribution is 6.05. The molecule has 1 aliphatic heterocycles. The van der Waals surface area contributed by atoms with Gasteiger partial charge < -0.3 is 9.88 Å². The molecular formula is C24H27N5O2. The minimum atomic E-state index is -0.528. The number of aromatic nitrogens is 3. The normalized spacial score (nSPS) is 15.4. The zero-order valence-electron chi connectivity index (χ0n) is 17.9. The molecule has 1 aliphatic rings. The van der Waals surface area contributed by atoms with Gasteiger partial charge in [0.1, 0.15) is 17.7 Å². The molecule has 7 heteroatoms. The molecule has 2 heterocycles. The third kappa shape index (κ3) is 4.50. The maximum absolute atomic E-state index is 13.3. The van der Waals surface area contributed by atoms with E-state index >= 15 is 0 Å². The molecule has 2 aromatic carbocycles. The Balaban J connectivity index is 1.50. The molecule has 0 spiro atoms. The smallest absolute Gasteiger partial charge is 0.247 e. The number of anilines is 2. The lowest BCUT2D eigenvalue weighted by Crippen LogP contribution is -2.50. The zero-order chi connectivity index (χ0) is 21.8. The van der Waals surface area contributed by atoms with Gasteiger partial charge in [0.2, 0.25) is 11.8 Å². The predicted octanol–water partition coefficient (Wildman–Crippen LogP) is 3.43. The Bertz CT molecular complexity index is 1080. The lowest BCUT2D eigenvalue weighted by atomic mass is 9.94. The molecule has 1 N–H and O–H groups in total. The van der Waals surface area contributed by atoms with Gasteiger partial charge in [-0.1, -0.05) is 36.4 Å². The van der Waals surface area contributed by atoms with Crippen molar-refractivity contribution in [2.45, 2.75) is 45.1 Å². The first kappa shape index (κ1) is 20.8. The number of para-hydroxylation sites is 2. The lowest BCUT2D eigenvalue weighted by molar-refractivity contribution is -0.124. The van der Waals surface area contributed by atoms with Crippen LogP contribution in [-0.4, -0.2) is 32.6 Å². The number of carbonyl (C=O) groups is 2. The molecule has 3 aromatic rings. The highest BCUT2D eigenvalue weighted by Gasteiger charge is 2.35. The Hall–Kier alpha value is -3.48. The van der Waals surface area contributed by atoms with Crippen LogP contribution in [0.15, 0.2) is 54.6 Å². The molecule has 31 heavy (non-hydrogen) atoms. The van der Waals surface area contributed by atoms with E-state index in [1.165, 1.54) is 0 Å². The summed E-state index contributed by atoms with van der Waals surface area (Å²) in [6.07, 6.45) is 3.03. The first-order valence-corrected chi connectivity index (χ1v) is 10.7. The summed E-state index contributed by atoms with van der Waals surface area (Å²) in [4.78, 5) is 28.1. The minimum Gasteiger partial charge on any atom is -0.324 e. The van der Waals surface area contributed by atoms with Gasteiger partial charge in [-0.2, -0.15) is 0 Å². The molecule has 1 unspecified atom stereocenters. The summed E-state index contributed by atoms with van der Waals surface area (Å²) in [5.41, 5.74) is 2.67. The summed E-state index contributed by atoms with van der Waals surface area (Å²) < 4.78 is 1.94. The number of aryl methyl sites for hydroxylation is 3. The Kier molecular flexibility index (Phi) is 6.11. The molecule has 7 nitrogen and oxygen atoms in total. The Morgan fingerprint density at radius 3 is 2.55 bits per heavy atom. The molecule has 4 rings (SSSR count). The van der Waals surface area contributed by atoms with Crippen LogP contribution < -0.4 is 10.2 Å². The number of rotatable bonds is 6. The summed E-state index contributed by atoms with van der Waals surface area (Å²) in [6, 6.07) is 16.7. The van der Waals surface area contributed by atoms with E-state index in [0.717, 1.165) is 35.0 Å². The molecule has 0 saturated heterocycles. The highest BCUT2D eigenvalue weighted by Crippen LogP contribution is 2.32. The Morgan fingerprint density at radius 1 is 1.06 bits per heavy atom. The van der Waals surface area contributed by atoms with E-state index in [4.69, 9.17) is 0 Å². The number of benzene rings is 2. The Labute approximate surface area is 182 Å². The van der Waals surface area contributed by atoms with Crippen molar-refractivity contribution in [1.29, 1.82) is 0 Å². The molecule has 0 fully saturated rings. The van der Waals surface area contributed by atoms with Crippen molar-refractivity contribution in [3.63, 3.8) is 0 Å². The molecule has 1 atom stereocenters. The third-order valence-corrected chi connectivity index (χ3v) is 5.84. The van der Waals surface area contributed by atoms with Gasteiger partial charge in [-0.3, -0.25) is 14.5 Å². The topological polar surface area (TPSA) is 80.1 Å². The summed E-state index contributed by atoms with van der Waals surface area (Å²) in [6.45, 7) is 1.91.